The maximum atomic E-state index is 13.5. The molecule has 188 valence electrons. The Bertz CT molecular complexity index is 885. The quantitative estimate of drug-likeness (QED) is 0.463. The highest BCUT2D eigenvalue weighted by molar-refractivity contribution is 9.09. The number of carbonyl (C=O) groups excluding carboxylic acids is 1. The Kier molecular flexibility index (Phi) is 9.70. The zero-order chi connectivity index (χ0) is 24.8. The number of nitrogens with zero attached hydrogens (tertiary/aromatic N) is 3. The van der Waals surface area contributed by atoms with Crippen LogP contribution < -0.4 is 11.0 Å². The van der Waals surface area contributed by atoms with Crippen molar-refractivity contribution in [3.05, 3.63) is 28.5 Å². The van der Waals surface area contributed by atoms with Gasteiger partial charge in [-0.2, -0.15) is 13.9 Å². The molecule has 0 spiro atoms. The molecule has 0 aromatic carbocycles. The number of carbonyl (C=O) groups is 1. The summed E-state index contributed by atoms with van der Waals surface area (Å²) >= 11 is 3.74. The molecule has 1 amide bonds. The molecule has 1 aliphatic rings. The zero-order valence-corrected chi connectivity index (χ0v) is 21.9. The van der Waals surface area contributed by atoms with Gasteiger partial charge in [0.1, 0.15) is 11.9 Å². The molecule has 2 unspecified atom stereocenters. The fourth-order valence-corrected chi connectivity index (χ4v) is 4.82. The monoisotopic (exact) mass is 534 g/mol. The average molecular weight is 535 g/mol. The van der Waals surface area contributed by atoms with Gasteiger partial charge in [-0.15, -0.1) is 0 Å². The highest BCUT2D eigenvalue weighted by Gasteiger charge is 2.29. The predicted octanol–water partition coefficient (Wildman–Crippen LogP) is 5.58. The number of hydrogen-bond acceptors (Lipinski definition) is 4. The van der Waals surface area contributed by atoms with Crippen LogP contribution in [0.1, 0.15) is 79.6 Å². The molecule has 1 saturated carbocycles. The Hall–Kier alpha value is -1.71. The highest BCUT2D eigenvalue weighted by atomic mass is 79.9. The third-order valence-corrected chi connectivity index (χ3v) is 6.81. The number of aromatic nitrogens is 3. The van der Waals surface area contributed by atoms with Gasteiger partial charge in [-0.1, -0.05) is 35.2 Å². The molecule has 1 aromatic rings. The van der Waals surface area contributed by atoms with Crippen LogP contribution in [0.3, 0.4) is 0 Å². The normalized spacial score (nSPS) is 20.0. The lowest BCUT2D eigenvalue weighted by Gasteiger charge is -2.31. The summed E-state index contributed by atoms with van der Waals surface area (Å²) in [6.45, 7) is 8.18. The summed E-state index contributed by atoms with van der Waals surface area (Å²) in [6, 6.07) is 0. The van der Waals surface area contributed by atoms with E-state index in [1.807, 2.05) is 13.8 Å². The van der Waals surface area contributed by atoms with Crippen LogP contribution in [0.4, 0.5) is 13.6 Å². The molecule has 2 atom stereocenters. The Balaban J connectivity index is 2.07. The maximum absolute atomic E-state index is 13.5. The van der Waals surface area contributed by atoms with Gasteiger partial charge in [0.15, 0.2) is 0 Å². The van der Waals surface area contributed by atoms with E-state index in [1.54, 1.807) is 20.8 Å². The van der Waals surface area contributed by atoms with E-state index in [4.69, 9.17) is 4.74 Å². The van der Waals surface area contributed by atoms with Crippen LogP contribution >= 0.6 is 15.9 Å². The molecule has 0 aliphatic heterocycles. The molecule has 1 aromatic heterocycles. The Labute approximate surface area is 203 Å². The summed E-state index contributed by atoms with van der Waals surface area (Å²) < 4.78 is 34.6. The van der Waals surface area contributed by atoms with Crippen LogP contribution in [0, 0.1) is 5.92 Å². The number of amides is 1. The van der Waals surface area contributed by atoms with Crippen molar-refractivity contribution in [2.45, 2.75) is 102 Å². The molecule has 1 fully saturated rings. The van der Waals surface area contributed by atoms with Gasteiger partial charge in [-0.05, 0) is 66.2 Å². The molecule has 0 saturated heterocycles. The van der Waals surface area contributed by atoms with E-state index in [0.717, 1.165) is 30.4 Å². The summed E-state index contributed by atoms with van der Waals surface area (Å²) in [4.78, 5) is 25.3. The van der Waals surface area contributed by atoms with Crippen molar-refractivity contribution in [1.82, 2.24) is 19.7 Å². The molecule has 1 heterocycles. The number of hydrogen-bond donors (Lipinski definition) is 1. The van der Waals surface area contributed by atoms with Crippen molar-refractivity contribution in [3.63, 3.8) is 0 Å². The summed E-state index contributed by atoms with van der Waals surface area (Å²) in [5, 5.41) is 6.39. The van der Waals surface area contributed by atoms with Gasteiger partial charge >= 0.3 is 11.8 Å². The van der Waals surface area contributed by atoms with Crippen LogP contribution in [0.5, 0.6) is 0 Å². The molecular formula is C23H37BrF2N4O3. The van der Waals surface area contributed by atoms with Gasteiger partial charge in [0, 0.05) is 22.5 Å². The van der Waals surface area contributed by atoms with Gasteiger partial charge < -0.3 is 10.1 Å². The second kappa shape index (κ2) is 11.6. The van der Waals surface area contributed by atoms with Crippen molar-refractivity contribution in [3.8, 4) is 0 Å². The first-order valence-electron chi connectivity index (χ1n) is 11.6. The van der Waals surface area contributed by atoms with Crippen molar-refractivity contribution >= 4 is 22.0 Å². The molecule has 1 aliphatic carbocycles. The highest BCUT2D eigenvalue weighted by Crippen LogP contribution is 2.33. The second-order valence-electron chi connectivity index (χ2n) is 10.5. The minimum absolute atomic E-state index is 0.394. The van der Waals surface area contributed by atoms with Crippen molar-refractivity contribution in [2.24, 2.45) is 5.92 Å². The largest absolute Gasteiger partial charge is 0.444 e. The van der Waals surface area contributed by atoms with Gasteiger partial charge in [0.2, 0.25) is 0 Å². The van der Waals surface area contributed by atoms with Gasteiger partial charge in [-0.3, -0.25) is 4.57 Å². The van der Waals surface area contributed by atoms with Crippen LogP contribution in [0.2, 0.25) is 0 Å². The van der Waals surface area contributed by atoms with E-state index in [0.29, 0.717) is 10.7 Å². The second-order valence-corrected chi connectivity index (χ2v) is 11.8. The first-order valence-corrected chi connectivity index (χ1v) is 12.5. The third kappa shape index (κ3) is 8.87. The minimum Gasteiger partial charge on any atom is -0.444 e. The van der Waals surface area contributed by atoms with Crippen molar-refractivity contribution in [2.75, 3.05) is 6.54 Å². The first kappa shape index (κ1) is 27.5. The summed E-state index contributed by atoms with van der Waals surface area (Å²) in [5.74, 6) is 0.493. The molecule has 2 rings (SSSR count). The van der Waals surface area contributed by atoms with Crippen LogP contribution in [-0.2, 0) is 16.8 Å². The average Bonchev–Trinajstić information content (AvgIpc) is 3.04. The number of rotatable bonds is 7. The molecule has 0 bridgehead atoms. The van der Waals surface area contributed by atoms with E-state index >= 15 is 0 Å². The number of halogens is 3. The van der Waals surface area contributed by atoms with E-state index in [2.05, 4.69) is 26.3 Å². The van der Waals surface area contributed by atoms with E-state index in [1.165, 1.54) is 30.2 Å². The third-order valence-electron chi connectivity index (χ3n) is 5.89. The van der Waals surface area contributed by atoms with E-state index in [-0.39, 0.29) is 0 Å². The maximum Gasteiger partial charge on any atom is 0.407 e. The van der Waals surface area contributed by atoms with Crippen molar-refractivity contribution < 1.29 is 18.3 Å². The summed E-state index contributed by atoms with van der Waals surface area (Å²) in [6.07, 6.45) is 6.40. The number of ether oxygens (including phenoxy) is 1. The smallest absolute Gasteiger partial charge is 0.407 e. The lowest BCUT2D eigenvalue weighted by atomic mass is 9.82. The van der Waals surface area contributed by atoms with E-state index in [9.17, 15) is 18.4 Å². The summed E-state index contributed by atoms with van der Waals surface area (Å²) in [7, 11) is 0. The predicted molar refractivity (Wildman–Crippen MR) is 128 cm³/mol. The minimum atomic E-state index is -1.95. The Morgan fingerprint density at radius 3 is 2.48 bits per heavy atom. The SMILES string of the molecule is CC(C)(C)OC(=O)NCC(Cn1ncn(C(C)(C)CC2CCCCC(Br)CC2)c1=O)=C(F)F. The van der Waals surface area contributed by atoms with Crippen LogP contribution in [0.25, 0.3) is 0 Å². The Morgan fingerprint density at radius 1 is 1.18 bits per heavy atom. The van der Waals surface area contributed by atoms with Gasteiger partial charge in [0.25, 0.3) is 6.08 Å². The zero-order valence-electron chi connectivity index (χ0n) is 20.3. The number of alkyl halides is 1. The number of alkyl carbamates (subject to hydrolysis) is 1. The molecule has 0 radical (unpaired) electrons. The fraction of sp³-hybridized carbons (Fsp3) is 0.783. The standard InChI is InChI=1S/C23H37BrF2N4O3/c1-22(2,3)33-20(31)27-13-17(19(25)26)14-30-21(32)29(15-28-30)23(4,5)12-16-8-6-7-9-18(24)11-10-16/h15-16,18H,6-14H2,1-5H3,(H,27,31). The lowest BCUT2D eigenvalue weighted by molar-refractivity contribution is 0.0531. The van der Waals surface area contributed by atoms with Gasteiger partial charge in [-0.25, -0.2) is 14.3 Å². The topological polar surface area (TPSA) is 78.2 Å². The number of nitrogens with one attached hydrogen (secondary N) is 1. The lowest BCUT2D eigenvalue weighted by Crippen LogP contribution is -2.39. The molecule has 10 heteroatoms. The van der Waals surface area contributed by atoms with Gasteiger partial charge in [0.05, 0.1) is 6.54 Å². The first-order chi connectivity index (χ1) is 15.3. The van der Waals surface area contributed by atoms with Crippen molar-refractivity contribution in [1.29, 1.82) is 0 Å². The summed E-state index contributed by atoms with van der Waals surface area (Å²) in [5.41, 5.74) is -2.07. The molecule has 33 heavy (non-hydrogen) atoms. The van der Waals surface area contributed by atoms with Crippen LogP contribution in [-0.4, -0.2) is 37.4 Å². The molecular weight excluding hydrogens is 498 g/mol. The molecule has 1 N–H and O–H groups in total. The Morgan fingerprint density at radius 2 is 1.85 bits per heavy atom. The molecule has 7 nitrogen and oxygen atoms in total. The van der Waals surface area contributed by atoms with E-state index < -0.39 is 47.7 Å². The fourth-order valence-electron chi connectivity index (χ4n) is 4.23. The van der Waals surface area contributed by atoms with Crippen LogP contribution in [0.15, 0.2) is 22.8 Å².